The van der Waals surface area contributed by atoms with E-state index in [0.717, 1.165) is 0 Å². The molecule has 8 heteroatoms. The number of aliphatic imine (C=N–C) groups is 1. The van der Waals surface area contributed by atoms with Crippen molar-refractivity contribution in [1.29, 1.82) is 5.26 Å². The van der Waals surface area contributed by atoms with E-state index < -0.39 is 17.6 Å². The van der Waals surface area contributed by atoms with E-state index in [4.69, 9.17) is 4.74 Å². The predicted molar refractivity (Wildman–Crippen MR) is 117 cm³/mol. The molecule has 0 fully saturated rings. The Balaban J connectivity index is 2.10. The molecule has 0 aliphatic heterocycles. The lowest BCUT2D eigenvalue weighted by Crippen LogP contribution is -2.27. The minimum Gasteiger partial charge on any atom is -0.443 e. The van der Waals surface area contributed by atoms with Gasteiger partial charge in [-0.05, 0) is 57.2 Å². The number of aromatic nitrogens is 1. The largest absolute Gasteiger partial charge is 0.443 e. The topological polar surface area (TPSA) is 99.7 Å². The average molecular weight is 407 g/mol. The summed E-state index contributed by atoms with van der Waals surface area (Å²) in [5, 5.41) is 12.0. The van der Waals surface area contributed by atoms with Crippen molar-refractivity contribution in [2.45, 2.75) is 26.4 Å². The van der Waals surface area contributed by atoms with Crippen LogP contribution in [-0.4, -0.2) is 47.5 Å². The number of carbonyl (C=O) groups is 2. The highest BCUT2D eigenvalue weighted by molar-refractivity contribution is 6.02. The first-order valence-corrected chi connectivity index (χ1v) is 9.23. The Bertz CT molecular complexity index is 1020. The molecule has 2 rings (SSSR count). The van der Waals surface area contributed by atoms with Gasteiger partial charge in [0.25, 0.3) is 0 Å². The highest BCUT2D eigenvalue weighted by atomic mass is 16.6. The Hall–Kier alpha value is -3.86. The minimum atomic E-state index is -0.624. The third-order valence-corrected chi connectivity index (χ3v) is 3.59. The summed E-state index contributed by atoms with van der Waals surface area (Å²) in [5.74, 6) is -0.402. The van der Waals surface area contributed by atoms with Crippen molar-refractivity contribution in [3.05, 3.63) is 53.9 Å². The molecule has 0 saturated heterocycles. The lowest BCUT2D eigenvalue weighted by atomic mass is 10.1. The first-order chi connectivity index (χ1) is 14.1. The number of ether oxygens (including phenoxy) is 1. The number of rotatable bonds is 5. The number of nitriles is 1. The second-order valence-corrected chi connectivity index (χ2v) is 7.66. The highest BCUT2D eigenvalue weighted by Crippen LogP contribution is 2.22. The number of nitrogens with one attached hydrogen (secondary N) is 1. The smallest absolute Gasteiger partial charge is 0.418 e. The molecule has 156 valence electrons. The summed E-state index contributed by atoms with van der Waals surface area (Å²) in [6.45, 7) is 5.35. The van der Waals surface area contributed by atoms with Gasteiger partial charge < -0.3 is 15.0 Å². The van der Waals surface area contributed by atoms with Crippen LogP contribution in [0.25, 0.3) is 6.08 Å². The summed E-state index contributed by atoms with van der Waals surface area (Å²) in [4.78, 5) is 30.5. The maximum Gasteiger partial charge on any atom is 0.418 e. The maximum atomic E-state index is 12.3. The Morgan fingerprint density at radius 2 is 2.00 bits per heavy atom. The third kappa shape index (κ3) is 6.63. The van der Waals surface area contributed by atoms with Gasteiger partial charge in [-0.3, -0.25) is 9.36 Å². The number of hydrogen-bond donors (Lipinski definition) is 1. The first-order valence-electron chi connectivity index (χ1n) is 9.23. The maximum absolute atomic E-state index is 12.3. The van der Waals surface area contributed by atoms with E-state index in [1.807, 2.05) is 14.1 Å². The van der Waals surface area contributed by atoms with Gasteiger partial charge in [0, 0.05) is 32.1 Å². The van der Waals surface area contributed by atoms with Crippen LogP contribution in [0.1, 0.15) is 32.0 Å². The van der Waals surface area contributed by atoms with Crippen LogP contribution in [-0.2, 0) is 9.53 Å². The number of amides is 1. The molecule has 8 nitrogen and oxygen atoms in total. The zero-order valence-electron chi connectivity index (χ0n) is 17.7. The summed E-state index contributed by atoms with van der Waals surface area (Å²) in [6.07, 6.45) is 5.45. The number of anilines is 1. The van der Waals surface area contributed by atoms with E-state index in [9.17, 15) is 14.9 Å². The lowest BCUT2D eigenvalue weighted by molar-refractivity contribution is -0.111. The van der Waals surface area contributed by atoms with Crippen LogP contribution in [0.3, 0.4) is 0 Å². The molecular weight excluding hydrogens is 382 g/mol. The molecule has 1 aromatic heterocycles. The van der Waals surface area contributed by atoms with Gasteiger partial charge in [0.05, 0.1) is 23.3 Å². The molecule has 0 aliphatic carbocycles. The van der Waals surface area contributed by atoms with Crippen LogP contribution in [0, 0.1) is 11.3 Å². The molecule has 0 bridgehead atoms. The summed E-state index contributed by atoms with van der Waals surface area (Å²) in [6, 6.07) is 10.3. The third-order valence-electron chi connectivity index (χ3n) is 3.59. The Morgan fingerprint density at radius 1 is 1.27 bits per heavy atom. The number of carbonyl (C=O) groups excluding carboxylic acids is 2. The molecule has 0 saturated carbocycles. The molecule has 1 heterocycles. The highest BCUT2D eigenvalue weighted by Gasteiger charge is 2.18. The van der Waals surface area contributed by atoms with E-state index in [0.29, 0.717) is 22.6 Å². The van der Waals surface area contributed by atoms with Gasteiger partial charge in [0.2, 0.25) is 5.91 Å². The monoisotopic (exact) mass is 407 g/mol. The molecule has 0 aliphatic rings. The van der Waals surface area contributed by atoms with Crippen molar-refractivity contribution in [3.8, 4) is 6.07 Å². The van der Waals surface area contributed by atoms with Crippen molar-refractivity contribution in [3.63, 3.8) is 0 Å². The van der Waals surface area contributed by atoms with Gasteiger partial charge in [0.1, 0.15) is 11.7 Å². The Kier molecular flexibility index (Phi) is 7.15. The fourth-order valence-corrected chi connectivity index (χ4v) is 2.35. The second kappa shape index (κ2) is 9.56. The lowest BCUT2D eigenvalue weighted by Gasteiger charge is -2.20. The van der Waals surface area contributed by atoms with Gasteiger partial charge >= 0.3 is 6.09 Å². The molecule has 30 heavy (non-hydrogen) atoms. The van der Waals surface area contributed by atoms with Gasteiger partial charge in [-0.25, -0.2) is 9.79 Å². The fraction of sp³-hybridized carbons (Fsp3) is 0.273. The van der Waals surface area contributed by atoms with Crippen molar-refractivity contribution in [2.75, 3.05) is 19.4 Å². The van der Waals surface area contributed by atoms with Crippen LogP contribution in [0.4, 0.5) is 16.2 Å². The number of hydrogen-bond acceptors (Lipinski definition) is 5. The Morgan fingerprint density at radius 3 is 2.63 bits per heavy atom. The second-order valence-electron chi connectivity index (χ2n) is 7.66. The summed E-state index contributed by atoms with van der Waals surface area (Å²) in [7, 11) is 3.66. The van der Waals surface area contributed by atoms with Gasteiger partial charge in [0.15, 0.2) is 0 Å². The van der Waals surface area contributed by atoms with Gasteiger partial charge in [-0.15, -0.1) is 0 Å². The first kappa shape index (κ1) is 22.4. The van der Waals surface area contributed by atoms with E-state index in [1.165, 1.54) is 16.7 Å². The SMILES string of the molecule is CN(C)/C=N/c1ccc(NC(=O)/C=C/c2cccn2C(=O)OC(C)(C)C)cc1C#N. The molecule has 2 aromatic rings. The number of nitrogens with zero attached hydrogens (tertiary/aromatic N) is 4. The fourth-order valence-electron chi connectivity index (χ4n) is 2.35. The van der Waals surface area contributed by atoms with Crippen molar-refractivity contribution >= 4 is 35.8 Å². The van der Waals surface area contributed by atoms with E-state index in [-0.39, 0.29) is 0 Å². The van der Waals surface area contributed by atoms with Crippen molar-refractivity contribution < 1.29 is 14.3 Å². The molecule has 1 amide bonds. The van der Waals surface area contributed by atoms with Crippen LogP contribution in [0.15, 0.2) is 47.6 Å². The van der Waals surface area contributed by atoms with Crippen LogP contribution >= 0.6 is 0 Å². The average Bonchev–Trinajstić information content (AvgIpc) is 3.12. The van der Waals surface area contributed by atoms with Gasteiger partial charge in [-0.1, -0.05) is 0 Å². The van der Waals surface area contributed by atoms with E-state index >= 15 is 0 Å². The summed E-state index contributed by atoms with van der Waals surface area (Å²) in [5.41, 5.74) is 1.20. The van der Waals surface area contributed by atoms with Crippen molar-refractivity contribution in [2.24, 2.45) is 4.99 Å². The zero-order chi connectivity index (χ0) is 22.3. The van der Waals surface area contributed by atoms with Crippen LogP contribution in [0.2, 0.25) is 0 Å². The summed E-state index contributed by atoms with van der Waals surface area (Å²) >= 11 is 0. The molecule has 0 radical (unpaired) electrons. The van der Waals surface area contributed by atoms with Crippen LogP contribution < -0.4 is 5.32 Å². The summed E-state index contributed by atoms with van der Waals surface area (Å²) < 4.78 is 6.66. The molecule has 0 unspecified atom stereocenters. The van der Waals surface area contributed by atoms with E-state index in [2.05, 4.69) is 16.4 Å². The molecule has 1 N–H and O–H groups in total. The van der Waals surface area contributed by atoms with Crippen LogP contribution in [0.5, 0.6) is 0 Å². The molecule has 1 aromatic carbocycles. The minimum absolute atomic E-state index is 0.341. The predicted octanol–water partition coefficient (Wildman–Crippen LogP) is 4.02. The zero-order valence-corrected chi connectivity index (χ0v) is 17.7. The molecule has 0 atom stereocenters. The quantitative estimate of drug-likeness (QED) is 0.458. The van der Waals surface area contributed by atoms with Gasteiger partial charge in [-0.2, -0.15) is 5.26 Å². The standard InChI is InChI=1S/C22H25N5O3/c1-22(2,3)30-21(29)27-12-6-7-18(27)9-11-20(28)25-17-8-10-19(16(13-17)14-23)24-15-26(4)5/h6-13,15H,1-5H3,(H,25,28)/b11-9+,24-15+. The molecular formula is C22H25N5O3. The Labute approximate surface area is 176 Å². The normalized spacial score (nSPS) is 11.5. The van der Waals surface area contributed by atoms with E-state index in [1.54, 1.807) is 68.5 Å². The molecule has 0 spiro atoms. The van der Waals surface area contributed by atoms with Crippen molar-refractivity contribution in [1.82, 2.24) is 9.47 Å². The number of benzene rings is 1.